The van der Waals surface area contributed by atoms with Gasteiger partial charge in [-0.2, -0.15) is 0 Å². The van der Waals surface area contributed by atoms with Gasteiger partial charge in [0.15, 0.2) is 17.5 Å². The number of hydrogen-bond acceptors (Lipinski definition) is 4. The van der Waals surface area contributed by atoms with Gasteiger partial charge in [-0.1, -0.05) is 30.3 Å². The summed E-state index contributed by atoms with van der Waals surface area (Å²) in [4.78, 5) is 4.27. The Labute approximate surface area is 166 Å². The van der Waals surface area contributed by atoms with E-state index in [1.54, 1.807) is 7.05 Å². The van der Waals surface area contributed by atoms with Crippen molar-refractivity contribution in [1.82, 2.24) is 5.32 Å². The van der Waals surface area contributed by atoms with Gasteiger partial charge in [-0.25, -0.2) is 0 Å². The van der Waals surface area contributed by atoms with Crippen molar-refractivity contribution in [3.63, 3.8) is 0 Å². The summed E-state index contributed by atoms with van der Waals surface area (Å²) in [5.74, 6) is 2.28. The maximum atomic E-state index is 5.73. The molecule has 0 atom stereocenters. The van der Waals surface area contributed by atoms with Gasteiger partial charge in [0.25, 0.3) is 0 Å². The first-order valence-electron chi connectivity index (χ1n) is 9.84. The van der Waals surface area contributed by atoms with Crippen LogP contribution in [-0.4, -0.2) is 46.0 Å². The SMILES string of the molecule is CN=C(NCCCOCCc1ccccc1)Nc1ccc2c(c1)OCCCO2. The quantitative estimate of drug-likeness (QED) is 0.415. The number of rotatable bonds is 8. The lowest BCUT2D eigenvalue weighted by Gasteiger charge is -2.14. The molecule has 0 amide bonds. The molecule has 0 unspecified atom stereocenters. The molecule has 0 bridgehead atoms. The number of guanidine groups is 1. The molecule has 0 fully saturated rings. The molecule has 0 aliphatic carbocycles. The summed E-state index contributed by atoms with van der Waals surface area (Å²) in [5, 5.41) is 6.59. The first-order chi connectivity index (χ1) is 13.8. The van der Waals surface area contributed by atoms with E-state index < -0.39 is 0 Å². The minimum Gasteiger partial charge on any atom is -0.490 e. The Kier molecular flexibility index (Phi) is 8.00. The Balaban J connectivity index is 1.34. The first-order valence-corrected chi connectivity index (χ1v) is 9.84. The molecule has 2 aromatic carbocycles. The fraction of sp³-hybridized carbons (Fsp3) is 0.409. The molecule has 0 radical (unpaired) electrons. The van der Waals surface area contributed by atoms with Crippen LogP contribution in [0.25, 0.3) is 0 Å². The number of nitrogens with zero attached hydrogens (tertiary/aromatic N) is 1. The van der Waals surface area contributed by atoms with Crippen LogP contribution in [0.5, 0.6) is 11.5 Å². The average molecular weight is 383 g/mol. The maximum Gasteiger partial charge on any atom is 0.195 e. The number of hydrogen-bond donors (Lipinski definition) is 2. The minimum atomic E-state index is 0.674. The lowest BCUT2D eigenvalue weighted by Crippen LogP contribution is -2.32. The third-order valence-corrected chi connectivity index (χ3v) is 4.37. The van der Waals surface area contributed by atoms with E-state index in [-0.39, 0.29) is 0 Å². The molecule has 2 N–H and O–H groups in total. The molecular formula is C22H29N3O3. The largest absolute Gasteiger partial charge is 0.490 e. The molecule has 0 saturated carbocycles. The topological polar surface area (TPSA) is 64.1 Å². The number of ether oxygens (including phenoxy) is 3. The fourth-order valence-electron chi connectivity index (χ4n) is 2.87. The number of fused-ring (bicyclic) bond motifs is 1. The third-order valence-electron chi connectivity index (χ3n) is 4.37. The van der Waals surface area contributed by atoms with Gasteiger partial charge in [-0.05, 0) is 30.5 Å². The molecule has 0 spiro atoms. The van der Waals surface area contributed by atoms with Gasteiger partial charge in [0.1, 0.15) is 0 Å². The summed E-state index contributed by atoms with van der Waals surface area (Å²) < 4.78 is 17.1. The van der Waals surface area contributed by atoms with Crippen molar-refractivity contribution < 1.29 is 14.2 Å². The Hall–Kier alpha value is -2.73. The first kappa shape index (κ1) is 20.0. The van der Waals surface area contributed by atoms with Crippen LogP contribution < -0.4 is 20.1 Å². The van der Waals surface area contributed by atoms with Gasteiger partial charge in [-0.3, -0.25) is 4.99 Å². The van der Waals surface area contributed by atoms with Crippen molar-refractivity contribution in [2.45, 2.75) is 19.3 Å². The van der Waals surface area contributed by atoms with E-state index in [0.717, 1.165) is 62.2 Å². The van der Waals surface area contributed by atoms with E-state index >= 15 is 0 Å². The molecule has 1 heterocycles. The van der Waals surface area contributed by atoms with Crippen LogP contribution in [0.15, 0.2) is 53.5 Å². The Morgan fingerprint density at radius 1 is 1.04 bits per heavy atom. The van der Waals surface area contributed by atoms with E-state index in [9.17, 15) is 0 Å². The summed E-state index contributed by atoms with van der Waals surface area (Å²) in [7, 11) is 1.76. The van der Waals surface area contributed by atoms with E-state index in [0.29, 0.717) is 13.2 Å². The van der Waals surface area contributed by atoms with Crippen LogP contribution in [0.3, 0.4) is 0 Å². The second-order valence-corrected chi connectivity index (χ2v) is 6.54. The molecule has 150 valence electrons. The summed E-state index contributed by atoms with van der Waals surface area (Å²) in [6.45, 7) is 3.62. The van der Waals surface area contributed by atoms with Crippen molar-refractivity contribution >= 4 is 11.6 Å². The van der Waals surface area contributed by atoms with E-state index in [2.05, 4.69) is 39.9 Å². The molecule has 6 heteroatoms. The number of nitrogens with one attached hydrogen (secondary N) is 2. The predicted molar refractivity (Wildman–Crippen MR) is 113 cm³/mol. The van der Waals surface area contributed by atoms with Crippen LogP contribution in [0.1, 0.15) is 18.4 Å². The number of anilines is 1. The van der Waals surface area contributed by atoms with Crippen LogP contribution >= 0.6 is 0 Å². The third kappa shape index (κ3) is 6.46. The number of aliphatic imine (C=N–C) groups is 1. The van der Waals surface area contributed by atoms with Gasteiger partial charge in [0.2, 0.25) is 0 Å². The molecule has 0 saturated heterocycles. The molecular weight excluding hydrogens is 354 g/mol. The smallest absolute Gasteiger partial charge is 0.195 e. The normalized spacial score (nSPS) is 13.7. The summed E-state index contributed by atoms with van der Waals surface area (Å²) in [6.07, 6.45) is 2.76. The van der Waals surface area contributed by atoms with E-state index in [4.69, 9.17) is 14.2 Å². The van der Waals surface area contributed by atoms with Gasteiger partial charge >= 0.3 is 0 Å². The lowest BCUT2D eigenvalue weighted by atomic mass is 10.2. The zero-order valence-electron chi connectivity index (χ0n) is 16.4. The highest BCUT2D eigenvalue weighted by Gasteiger charge is 2.11. The monoisotopic (exact) mass is 383 g/mol. The summed E-state index contributed by atoms with van der Waals surface area (Å²) >= 11 is 0. The average Bonchev–Trinajstić information content (AvgIpc) is 2.98. The van der Waals surface area contributed by atoms with Crippen LogP contribution in [-0.2, 0) is 11.2 Å². The summed E-state index contributed by atoms with van der Waals surface area (Å²) in [5.41, 5.74) is 2.22. The maximum absolute atomic E-state index is 5.73. The Morgan fingerprint density at radius 2 is 1.86 bits per heavy atom. The van der Waals surface area contributed by atoms with Crippen molar-refractivity contribution in [2.75, 3.05) is 45.3 Å². The zero-order chi connectivity index (χ0) is 19.4. The van der Waals surface area contributed by atoms with Crippen LogP contribution in [0, 0.1) is 0 Å². The highest BCUT2D eigenvalue weighted by atomic mass is 16.5. The highest BCUT2D eigenvalue weighted by Crippen LogP contribution is 2.32. The Morgan fingerprint density at radius 3 is 2.68 bits per heavy atom. The van der Waals surface area contributed by atoms with E-state index in [1.807, 2.05) is 24.3 Å². The standard InChI is InChI=1S/C22H29N3O3/c1-23-22(24-12-5-13-26-16-11-18-7-3-2-4-8-18)25-19-9-10-20-21(17-19)28-15-6-14-27-20/h2-4,7-10,17H,5-6,11-16H2,1H3,(H2,23,24,25). The molecule has 1 aliphatic heterocycles. The van der Waals surface area contributed by atoms with Crippen molar-refractivity contribution in [1.29, 1.82) is 0 Å². The van der Waals surface area contributed by atoms with Crippen molar-refractivity contribution in [2.24, 2.45) is 4.99 Å². The molecule has 0 aromatic heterocycles. The fourth-order valence-corrected chi connectivity index (χ4v) is 2.87. The highest BCUT2D eigenvalue weighted by molar-refractivity contribution is 5.93. The van der Waals surface area contributed by atoms with Gasteiger partial charge in [0.05, 0.1) is 19.8 Å². The van der Waals surface area contributed by atoms with Crippen molar-refractivity contribution in [3.05, 3.63) is 54.1 Å². The van der Waals surface area contributed by atoms with Crippen LogP contribution in [0.4, 0.5) is 5.69 Å². The zero-order valence-corrected chi connectivity index (χ0v) is 16.4. The molecule has 28 heavy (non-hydrogen) atoms. The van der Waals surface area contributed by atoms with Gasteiger partial charge in [0, 0.05) is 38.4 Å². The second-order valence-electron chi connectivity index (χ2n) is 6.54. The van der Waals surface area contributed by atoms with Crippen molar-refractivity contribution in [3.8, 4) is 11.5 Å². The Bertz CT molecular complexity index is 750. The summed E-state index contributed by atoms with van der Waals surface area (Å²) in [6, 6.07) is 16.2. The molecule has 2 aromatic rings. The van der Waals surface area contributed by atoms with Gasteiger partial charge < -0.3 is 24.8 Å². The minimum absolute atomic E-state index is 0.674. The number of benzene rings is 2. The lowest BCUT2D eigenvalue weighted by molar-refractivity contribution is 0.135. The second kappa shape index (κ2) is 11.2. The van der Waals surface area contributed by atoms with Gasteiger partial charge in [-0.15, -0.1) is 0 Å². The molecule has 1 aliphatic rings. The molecule has 3 rings (SSSR count). The van der Waals surface area contributed by atoms with E-state index in [1.165, 1.54) is 5.56 Å². The van der Waals surface area contributed by atoms with Crippen LogP contribution in [0.2, 0.25) is 0 Å². The molecule has 6 nitrogen and oxygen atoms in total. The predicted octanol–water partition coefficient (Wildman–Crippen LogP) is 3.48.